The number of nitrogens with one attached hydrogen (secondary N) is 1. The highest BCUT2D eigenvalue weighted by Gasteiger charge is 2.24. The minimum atomic E-state index is 0. The maximum Gasteiger partial charge on any atom is 0.254 e. The molecule has 1 N–H and O–H groups in total. The van der Waals surface area contributed by atoms with E-state index in [1.807, 2.05) is 11.1 Å². The summed E-state index contributed by atoms with van der Waals surface area (Å²) in [5, 5.41) is 3.29. The second kappa shape index (κ2) is 8.12. The predicted molar refractivity (Wildman–Crippen MR) is 89.2 cm³/mol. The van der Waals surface area contributed by atoms with Gasteiger partial charge in [-0.3, -0.25) is 9.36 Å². The molecule has 1 aliphatic rings. The van der Waals surface area contributed by atoms with E-state index in [9.17, 15) is 4.79 Å². The number of pyridine rings is 1. The Morgan fingerprint density at radius 1 is 1.36 bits per heavy atom. The van der Waals surface area contributed by atoms with E-state index < -0.39 is 0 Å². The Balaban J connectivity index is 0.00000121. The third-order valence-corrected chi connectivity index (χ3v) is 3.52. The molecule has 0 saturated carbocycles. The van der Waals surface area contributed by atoms with Gasteiger partial charge in [0.1, 0.15) is 12.1 Å². The fraction of sp³-hybridized carbons (Fsp3) is 0.357. The van der Waals surface area contributed by atoms with Crippen molar-refractivity contribution in [3.8, 4) is 5.82 Å². The minimum absolute atomic E-state index is 0. The van der Waals surface area contributed by atoms with Crippen molar-refractivity contribution in [1.29, 1.82) is 0 Å². The average Bonchev–Trinajstić information content (AvgIpc) is 3.01. The fourth-order valence-electron chi connectivity index (χ4n) is 2.40. The van der Waals surface area contributed by atoms with Gasteiger partial charge in [0.05, 0.1) is 0 Å². The Morgan fingerprint density at radius 3 is 2.86 bits per heavy atom. The highest BCUT2D eigenvalue weighted by atomic mass is 35.5. The number of hydrogen-bond acceptors (Lipinski definition) is 4. The number of carbonyl (C=O) groups excluding carboxylic acids is 1. The first-order chi connectivity index (χ1) is 9.75. The molecule has 0 spiro atoms. The normalized spacial score (nSPS) is 17.3. The van der Waals surface area contributed by atoms with E-state index in [2.05, 4.69) is 22.2 Å². The number of imidazole rings is 1. The largest absolute Gasteiger partial charge is 0.333 e. The monoisotopic (exact) mass is 343 g/mol. The van der Waals surface area contributed by atoms with Gasteiger partial charge in [-0.25, -0.2) is 9.97 Å². The van der Waals surface area contributed by atoms with Crippen molar-refractivity contribution < 1.29 is 4.79 Å². The van der Waals surface area contributed by atoms with Gasteiger partial charge < -0.3 is 10.2 Å². The number of halogens is 2. The minimum Gasteiger partial charge on any atom is -0.333 e. The molecule has 3 heterocycles. The van der Waals surface area contributed by atoms with E-state index in [-0.39, 0.29) is 36.8 Å². The van der Waals surface area contributed by atoms with E-state index in [4.69, 9.17) is 0 Å². The van der Waals surface area contributed by atoms with Gasteiger partial charge in [-0.2, -0.15) is 0 Å². The smallest absolute Gasteiger partial charge is 0.254 e. The molecule has 0 aliphatic carbocycles. The Morgan fingerprint density at radius 2 is 2.18 bits per heavy atom. The molecule has 1 unspecified atom stereocenters. The molecule has 1 saturated heterocycles. The lowest BCUT2D eigenvalue weighted by molar-refractivity contribution is 0.0655. The summed E-state index contributed by atoms with van der Waals surface area (Å²) in [7, 11) is 0. The van der Waals surface area contributed by atoms with Crippen LogP contribution in [0.2, 0.25) is 0 Å². The fourth-order valence-corrected chi connectivity index (χ4v) is 2.40. The topological polar surface area (TPSA) is 63.1 Å². The van der Waals surface area contributed by atoms with Crippen LogP contribution in [0, 0.1) is 0 Å². The van der Waals surface area contributed by atoms with E-state index in [1.165, 1.54) is 0 Å². The molecule has 2 aromatic heterocycles. The van der Waals surface area contributed by atoms with Gasteiger partial charge in [0.25, 0.3) is 5.91 Å². The first-order valence-corrected chi connectivity index (χ1v) is 6.72. The lowest BCUT2D eigenvalue weighted by Crippen LogP contribution is -2.52. The number of aromatic nitrogens is 3. The number of carbonyl (C=O) groups is 1. The summed E-state index contributed by atoms with van der Waals surface area (Å²) >= 11 is 0. The predicted octanol–water partition coefficient (Wildman–Crippen LogP) is 1.54. The molecule has 1 fully saturated rings. The van der Waals surface area contributed by atoms with Gasteiger partial charge in [-0.05, 0) is 19.1 Å². The van der Waals surface area contributed by atoms with Gasteiger partial charge in [-0.1, -0.05) is 0 Å². The quantitative estimate of drug-likeness (QED) is 0.898. The molecule has 2 aromatic rings. The molecular formula is C14H19Cl2N5O. The molecule has 0 radical (unpaired) electrons. The molecule has 6 nitrogen and oxygen atoms in total. The lowest BCUT2D eigenvalue weighted by atomic mass is 10.1. The molecular weight excluding hydrogens is 325 g/mol. The van der Waals surface area contributed by atoms with Gasteiger partial charge in [0, 0.05) is 49.8 Å². The van der Waals surface area contributed by atoms with Crippen molar-refractivity contribution >= 4 is 30.7 Å². The summed E-state index contributed by atoms with van der Waals surface area (Å²) in [5.41, 5.74) is 0.664. The van der Waals surface area contributed by atoms with Crippen molar-refractivity contribution in [3.05, 3.63) is 42.6 Å². The van der Waals surface area contributed by atoms with Crippen LogP contribution in [-0.4, -0.2) is 51.0 Å². The molecule has 120 valence electrons. The SMILES string of the molecule is CC1CNCCN1C(=O)c1ccnc(-n2ccnc2)c1.Cl.Cl. The van der Waals surface area contributed by atoms with Gasteiger partial charge in [0.15, 0.2) is 0 Å². The van der Waals surface area contributed by atoms with Crippen molar-refractivity contribution in [3.63, 3.8) is 0 Å². The third-order valence-electron chi connectivity index (χ3n) is 3.52. The van der Waals surface area contributed by atoms with Crippen LogP contribution in [0.5, 0.6) is 0 Å². The lowest BCUT2D eigenvalue weighted by Gasteiger charge is -2.34. The van der Waals surface area contributed by atoms with Crippen LogP contribution in [0.25, 0.3) is 5.82 Å². The third kappa shape index (κ3) is 3.76. The van der Waals surface area contributed by atoms with Crippen LogP contribution >= 0.6 is 24.8 Å². The Hall–Kier alpha value is -1.63. The van der Waals surface area contributed by atoms with Crippen LogP contribution in [0.4, 0.5) is 0 Å². The Bertz CT molecular complexity index is 605. The molecule has 3 rings (SSSR count). The Labute approximate surface area is 141 Å². The van der Waals surface area contributed by atoms with Crippen LogP contribution in [-0.2, 0) is 0 Å². The molecule has 1 aliphatic heterocycles. The van der Waals surface area contributed by atoms with Gasteiger partial charge >= 0.3 is 0 Å². The first-order valence-electron chi connectivity index (χ1n) is 6.72. The second-order valence-electron chi connectivity index (χ2n) is 4.92. The summed E-state index contributed by atoms with van der Waals surface area (Å²) < 4.78 is 1.79. The standard InChI is InChI=1S/C14H17N5O.2ClH/c1-11-9-15-5-7-19(11)14(20)12-2-3-17-13(8-12)18-6-4-16-10-18;;/h2-4,6,8,10-11,15H,5,7,9H2,1H3;2*1H. The number of piperazine rings is 1. The molecule has 8 heteroatoms. The number of rotatable bonds is 2. The van der Waals surface area contributed by atoms with E-state index >= 15 is 0 Å². The number of nitrogens with zero attached hydrogens (tertiary/aromatic N) is 4. The summed E-state index contributed by atoms with van der Waals surface area (Å²) in [6.07, 6.45) is 6.83. The zero-order chi connectivity index (χ0) is 13.9. The Kier molecular flexibility index (Phi) is 6.80. The zero-order valence-corrected chi connectivity index (χ0v) is 13.8. The summed E-state index contributed by atoms with van der Waals surface area (Å²) in [4.78, 5) is 22.7. The highest BCUT2D eigenvalue weighted by molar-refractivity contribution is 5.94. The molecule has 0 bridgehead atoms. The average molecular weight is 344 g/mol. The van der Waals surface area contributed by atoms with E-state index in [0.29, 0.717) is 11.4 Å². The second-order valence-corrected chi connectivity index (χ2v) is 4.92. The number of hydrogen-bond donors (Lipinski definition) is 1. The molecule has 1 atom stereocenters. The van der Waals surface area contributed by atoms with Crippen LogP contribution < -0.4 is 5.32 Å². The summed E-state index contributed by atoms with van der Waals surface area (Å²) in [6.45, 7) is 4.48. The van der Waals surface area contributed by atoms with Crippen LogP contribution in [0.1, 0.15) is 17.3 Å². The highest BCUT2D eigenvalue weighted by Crippen LogP contribution is 2.12. The maximum atomic E-state index is 12.6. The summed E-state index contributed by atoms with van der Waals surface area (Å²) in [5.74, 6) is 0.763. The van der Waals surface area contributed by atoms with Crippen molar-refractivity contribution in [1.82, 2.24) is 24.8 Å². The summed E-state index contributed by atoms with van der Waals surface area (Å²) in [6, 6.07) is 3.78. The molecule has 0 aromatic carbocycles. The van der Waals surface area contributed by atoms with E-state index in [1.54, 1.807) is 35.4 Å². The molecule has 1 amide bonds. The zero-order valence-electron chi connectivity index (χ0n) is 12.2. The van der Waals surface area contributed by atoms with Crippen LogP contribution in [0.15, 0.2) is 37.1 Å². The first kappa shape index (κ1) is 18.4. The van der Waals surface area contributed by atoms with Crippen molar-refractivity contribution in [2.75, 3.05) is 19.6 Å². The molecule has 22 heavy (non-hydrogen) atoms. The van der Waals surface area contributed by atoms with Gasteiger partial charge in [-0.15, -0.1) is 24.8 Å². The van der Waals surface area contributed by atoms with Gasteiger partial charge in [0.2, 0.25) is 0 Å². The number of amides is 1. The van der Waals surface area contributed by atoms with Crippen LogP contribution in [0.3, 0.4) is 0 Å². The van der Waals surface area contributed by atoms with Crippen molar-refractivity contribution in [2.24, 2.45) is 0 Å². The van der Waals surface area contributed by atoms with E-state index in [0.717, 1.165) is 19.6 Å². The maximum absolute atomic E-state index is 12.6. The van der Waals surface area contributed by atoms with Crippen molar-refractivity contribution in [2.45, 2.75) is 13.0 Å².